The number of hydrogen-bond acceptors (Lipinski definition) is 14. The zero-order chi connectivity index (χ0) is 36.0. The van der Waals surface area contributed by atoms with Crippen LogP contribution in [0.5, 0.6) is 5.75 Å². The molecule has 6 N–H and O–H groups in total. The maximum atomic E-state index is 13.9. The van der Waals surface area contributed by atoms with E-state index in [9.17, 15) is 49.2 Å². The number of allylic oxidation sites excluding steroid dienone is 1. The van der Waals surface area contributed by atoms with Crippen LogP contribution >= 0.6 is 0 Å². The number of carbonyl (C=O) groups excluding carboxylic acids is 6. The molecule has 16 heteroatoms. The SMILES string of the molecule is C=CCN(OC(=O)c1ccc(O)c2c1C[C@H]1C[C@H]3[C@H](N(C)C)C(O)=C(C(N)=O)C(=O)[C@@]3(O)C(O)=C1C2=O)C(=O)OCOC(=O)C(C)(C)C. The van der Waals surface area contributed by atoms with Gasteiger partial charge in [0.15, 0.2) is 11.4 Å². The number of amides is 2. The largest absolute Gasteiger partial charge is 0.510 e. The van der Waals surface area contributed by atoms with Crippen molar-refractivity contribution in [3.8, 4) is 5.75 Å². The fourth-order valence-corrected chi connectivity index (χ4v) is 6.28. The van der Waals surface area contributed by atoms with Crippen molar-refractivity contribution in [1.82, 2.24) is 9.96 Å². The van der Waals surface area contributed by atoms with E-state index < -0.39 is 105 Å². The van der Waals surface area contributed by atoms with Crippen LogP contribution in [-0.4, -0.2) is 105 Å². The number of ether oxygens (including phenoxy) is 2. The lowest BCUT2D eigenvalue weighted by molar-refractivity contribution is -0.165. The molecule has 1 aromatic rings. The van der Waals surface area contributed by atoms with E-state index in [-0.39, 0.29) is 30.5 Å². The summed E-state index contributed by atoms with van der Waals surface area (Å²) in [5.74, 6) is -10.2. The highest BCUT2D eigenvalue weighted by atomic mass is 16.8. The molecule has 3 aliphatic carbocycles. The molecule has 0 aromatic heterocycles. The Balaban J connectivity index is 1.70. The number of hydrogen-bond donors (Lipinski definition) is 5. The summed E-state index contributed by atoms with van der Waals surface area (Å²) in [6, 6.07) is 0.957. The van der Waals surface area contributed by atoms with Gasteiger partial charge in [-0.3, -0.25) is 24.1 Å². The van der Waals surface area contributed by atoms with E-state index in [1.165, 1.54) is 25.1 Å². The first-order valence-corrected chi connectivity index (χ1v) is 14.7. The highest BCUT2D eigenvalue weighted by Crippen LogP contribution is 2.52. The van der Waals surface area contributed by atoms with Crippen LogP contribution in [0.3, 0.4) is 0 Å². The van der Waals surface area contributed by atoms with E-state index in [0.717, 1.165) is 12.1 Å². The standard InChI is InChI=1S/C32H37N3O13/c1-7-10-35(30(44)47-13-46-29(43)31(2,3)4)48-28(42)15-8-9-18(36)20-16(15)11-14-12-17-22(34(5)6)24(38)21(27(33)41)26(40)32(17,45)25(39)19(14)23(20)37/h7-9,14,17,22,36,38-39,45H,1,10-13H2,2-6H3,(H2,33,41)/t14-,17-,22-,32-/m0/s1. The number of carbonyl (C=O) groups is 6. The third-order valence-electron chi connectivity index (χ3n) is 8.50. The summed E-state index contributed by atoms with van der Waals surface area (Å²) in [4.78, 5) is 84.2. The Morgan fingerprint density at radius 2 is 1.75 bits per heavy atom. The van der Waals surface area contributed by atoms with Crippen LogP contribution < -0.4 is 5.73 Å². The molecule has 0 unspecified atom stereocenters. The number of Topliss-reactive ketones (excluding diaryl/α,β-unsaturated/α-hetero) is 2. The van der Waals surface area contributed by atoms with Crippen molar-refractivity contribution in [2.45, 2.75) is 45.3 Å². The summed E-state index contributed by atoms with van der Waals surface area (Å²) in [7, 11) is 2.99. The van der Waals surface area contributed by atoms with Gasteiger partial charge >= 0.3 is 18.0 Å². The molecule has 0 aliphatic heterocycles. The van der Waals surface area contributed by atoms with Gasteiger partial charge in [0.2, 0.25) is 12.6 Å². The Bertz CT molecular complexity index is 1690. The van der Waals surface area contributed by atoms with Crippen LogP contribution in [0.1, 0.15) is 53.5 Å². The van der Waals surface area contributed by atoms with Gasteiger partial charge in [-0.2, -0.15) is 0 Å². The number of benzene rings is 1. The van der Waals surface area contributed by atoms with Crippen molar-refractivity contribution in [1.29, 1.82) is 0 Å². The van der Waals surface area contributed by atoms with Crippen molar-refractivity contribution in [3.05, 3.63) is 64.1 Å². The molecule has 0 heterocycles. The normalized spacial score (nSPS) is 23.5. The summed E-state index contributed by atoms with van der Waals surface area (Å²) in [6.07, 6.45) is -0.412. The molecule has 258 valence electrons. The number of primary amides is 1. The first kappa shape index (κ1) is 35.6. The van der Waals surface area contributed by atoms with Crippen LogP contribution in [0.15, 0.2) is 47.5 Å². The molecule has 0 saturated heterocycles. The minimum atomic E-state index is -2.83. The molecule has 0 fully saturated rings. The lowest BCUT2D eigenvalue weighted by atomic mass is 9.58. The van der Waals surface area contributed by atoms with Gasteiger partial charge in [0.05, 0.1) is 29.1 Å². The fraction of sp³-hybridized carbons (Fsp3) is 0.438. The van der Waals surface area contributed by atoms with Gasteiger partial charge in [-0.05, 0) is 71.3 Å². The molecule has 4 rings (SSSR count). The molecule has 48 heavy (non-hydrogen) atoms. The highest BCUT2D eigenvalue weighted by molar-refractivity contribution is 6.25. The number of aliphatic hydroxyl groups is 3. The Morgan fingerprint density at radius 1 is 1.10 bits per heavy atom. The lowest BCUT2D eigenvalue weighted by Crippen LogP contribution is -2.63. The zero-order valence-electron chi connectivity index (χ0n) is 26.9. The number of likely N-dealkylation sites (N-methyl/N-ethyl adjacent to an activating group) is 1. The number of aliphatic hydroxyl groups excluding tert-OH is 2. The van der Waals surface area contributed by atoms with Crippen molar-refractivity contribution < 1.29 is 63.5 Å². The molecule has 0 spiro atoms. The molecule has 4 atom stereocenters. The van der Waals surface area contributed by atoms with E-state index in [1.807, 2.05) is 0 Å². The second-order valence-electron chi connectivity index (χ2n) is 12.9. The number of nitrogens with zero attached hydrogens (tertiary/aromatic N) is 2. The first-order chi connectivity index (χ1) is 22.3. The van der Waals surface area contributed by atoms with Crippen molar-refractivity contribution in [2.75, 3.05) is 27.4 Å². The van der Waals surface area contributed by atoms with Crippen LogP contribution in [0.25, 0.3) is 0 Å². The zero-order valence-corrected chi connectivity index (χ0v) is 26.9. The van der Waals surface area contributed by atoms with Gasteiger partial charge in [-0.15, -0.1) is 11.6 Å². The lowest BCUT2D eigenvalue weighted by Gasteiger charge is -2.50. The topological polar surface area (TPSA) is 244 Å². The second-order valence-corrected chi connectivity index (χ2v) is 12.9. The van der Waals surface area contributed by atoms with Crippen LogP contribution in [0.2, 0.25) is 0 Å². The van der Waals surface area contributed by atoms with E-state index in [0.29, 0.717) is 5.06 Å². The average Bonchev–Trinajstić information content (AvgIpc) is 2.97. The molecule has 0 radical (unpaired) electrons. The van der Waals surface area contributed by atoms with E-state index in [1.54, 1.807) is 20.8 Å². The number of phenols is 1. The minimum absolute atomic E-state index is 0.0239. The van der Waals surface area contributed by atoms with Gasteiger partial charge < -0.3 is 40.5 Å². The quantitative estimate of drug-likeness (QED) is 0.0904. The van der Waals surface area contributed by atoms with Gasteiger partial charge in [0, 0.05) is 11.5 Å². The number of fused-ring (bicyclic) bond motifs is 3. The minimum Gasteiger partial charge on any atom is -0.510 e. The summed E-state index contributed by atoms with van der Waals surface area (Å²) >= 11 is 0. The maximum absolute atomic E-state index is 13.9. The number of aromatic hydroxyl groups is 1. The summed E-state index contributed by atoms with van der Waals surface area (Å²) in [6.45, 7) is 7.15. The van der Waals surface area contributed by atoms with Gasteiger partial charge in [0.25, 0.3) is 5.91 Å². The summed E-state index contributed by atoms with van der Waals surface area (Å²) < 4.78 is 9.81. The monoisotopic (exact) mass is 671 g/mol. The van der Waals surface area contributed by atoms with Gasteiger partial charge in [-0.25, -0.2) is 9.59 Å². The van der Waals surface area contributed by atoms with E-state index >= 15 is 0 Å². The predicted octanol–water partition coefficient (Wildman–Crippen LogP) is 1.36. The van der Waals surface area contributed by atoms with Gasteiger partial charge in [0.1, 0.15) is 22.8 Å². The Morgan fingerprint density at radius 3 is 2.31 bits per heavy atom. The highest BCUT2D eigenvalue weighted by Gasteiger charge is 2.63. The third kappa shape index (κ3) is 5.88. The molecule has 0 bridgehead atoms. The van der Waals surface area contributed by atoms with Crippen molar-refractivity contribution >= 4 is 35.5 Å². The number of esters is 1. The van der Waals surface area contributed by atoms with Crippen LogP contribution in [0.4, 0.5) is 4.79 Å². The second kappa shape index (κ2) is 12.8. The molecule has 3 aliphatic rings. The van der Waals surface area contributed by atoms with Crippen molar-refractivity contribution in [3.63, 3.8) is 0 Å². The third-order valence-corrected chi connectivity index (χ3v) is 8.50. The summed E-state index contributed by atoms with van der Waals surface area (Å²) in [5.41, 5.74) is -0.428. The first-order valence-electron chi connectivity index (χ1n) is 14.7. The molecule has 1 aromatic carbocycles. The Kier molecular flexibility index (Phi) is 9.47. The molecular formula is C32H37N3O13. The number of nitrogens with two attached hydrogens (primary N) is 1. The smallest absolute Gasteiger partial charge is 0.446 e. The number of hydroxylamine groups is 2. The summed E-state index contributed by atoms with van der Waals surface area (Å²) in [5, 5.41) is 45.2. The fourth-order valence-electron chi connectivity index (χ4n) is 6.28. The maximum Gasteiger partial charge on any atom is 0.446 e. The number of ketones is 2. The molecule has 2 amide bonds. The molecule has 0 saturated carbocycles. The van der Waals surface area contributed by atoms with Crippen molar-refractivity contribution in [2.24, 2.45) is 23.0 Å². The van der Waals surface area contributed by atoms with Crippen LogP contribution in [-0.2, 0) is 35.1 Å². The Hall–Kier alpha value is -5.22. The van der Waals surface area contributed by atoms with Gasteiger partial charge in [-0.1, -0.05) is 6.08 Å². The Labute approximate surface area is 274 Å². The number of phenolic OH excluding ortho intramolecular Hbond substituents is 1. The van der Waals surface area contributed by atoms with E-state index in [4.69, 9.17) is 20.0 Å². The predicted molar refractivity (Wildman–Crippen MR) is 163 cm³/mol. The average molecular weight is 672 g/mol. The van der Waals surface area contributed by atoms with E-state index in [2.05, 4.69) is 6.58 Å². The van der Waals surface area contributed by atoms with Crippen LogP contribution in [0, 0.1) is 17.3 Å². The number of rotatable bonds is 7. The molecule has 16 nitrogen and oxygen atoms in total. The molecular weight excluding hydrogens is 634 g/mol.